The number of aromatic nitrogens is 1. The van der Waals surface area contributed by atoms with Gasteiger partial charge in [0.25, 0.3) is 0 Å². The highest BCUT2D eigenvalue weighted by Crippen LogP contribution is 2.33. The monoisotopic (exact) mass is 228 g/mol. The van der Waals surface area contributed by atoms with E-state index in [2.05, 4.69) is 10.3 Å². The lowest BCUT2D eigenvalue weighted by Crippen LogP contribution is -2.15. The van der Waals surface area contributed by atoms with E-state index in [1.165, 1.54) is 0 Å². The molecule has 1 aromatic carbocycles. The molecule has 0 atom stereocenters. The standard InChI is InChI=1S/C13H12N2O2/c1-2-12-13(17-8-7-16-12)9-11(1)15-10-3-5-14-6-4-10/h1-6,9H,7-8H2,(H,14,15). The first-order chi connectivity index (χ1) is 8.42. The van der Waals surface area contributed by atoms with Crippen LogP contribution in [0, 0.1) is 0 Å². The van der Waals surface area contributed by atoms with Crippen molar-refractivity contribution in [1.29, 1.82) is 0 Å². The van der Waals surface area contributed by atoms with Crippen molar-refractivity contribution in [2.45, 2.75) is 0 Å². The van der Waals surface area contributed by atoms with Crippen molar-refractivity contribution in [3.8, 4) is 11.5 Å². The number of nitrogens with zero attached hydrogens (tertiary/aromatic N) is 1. The minimum atomic E-state index is 0.603. The van der Waals surface area contributed by atoms with Crippen LogP contribution in [0.25, 0.3) is 0 Å². The Bertz CT molecular complexity index is 514. The lowest BCUT2D eigenvalue weighted by atomic mass is 10.2. The van der Waals surface area contributed by atoms with Gasteiger partial charge in [0.05, 0.1) is 0 Å². The van der Waals surface area contributed by atoms with E-state index in [0.717, 1.165) is 22.9 Å². The maximum atomic E-state index is 5.52. The Kier molecular flexibility index (Phi) is 2.54. The number of nitrogens with one attached hydrogen (secondary N) is 1. The molecule has 1 N–H and O–H groups in total. The van der Waals surface area contributed by atoms with E-state index in [4.69, 9.17) is 9.47 Å². The second-order valence-electron chi connectivity index (χ2n) is 3.72. The van der Waals surface area contributed by atoms with E-state index in [-0.39, 0.29) is 0 Å². The summed E-state index contributed by atoms with van der Waals surface area (Å²) in [4.78, 5) is 3.97. The minimum Gasteiger partial charge on any atom is -0.486 e. The van der Waals surface area contributed by atoms with Crippen LogP contribution in [0.2, 0.25) is 0 Å². The molecule has 0 fully saturated rings. The van der Waals surface area contributed by atoms with E-state index < -0.39 is 0 Å². The molecule has 0 saturated carbocycles. The van der Waals surface area contributed by atoms with Crippen molar-refractivity contribution in [3.05, 3.63) is 42.7 Å². The predicted molar refractivity (Wildman–Crippen MR) is 65.0 cm³/mol. The summed E-state index contributed by atoms with van der Waals surface area (Å²) in [6.07, 6.45) is 3.50. The first-order valence-electron chi connectivity index (χ1n) is 5.48. The van der Waals surface area contributed by atoms with Gasteiger partial charge in [-0.2, -0.15) is 0 Å². The first kappa shape index (κ1) is 9.96. The fourth-order valence-corrected chi connectivity index (χ4v) is 1.72. The molecule has 2 aromatic rings. The van der Waals surface area contributed by atoms with Crippen LogP contribution in [0.5, 0.6) is 11.5 Å². The number of fused-ring (bicyclic) bond motifs is 1. The molecule has 0 amide bonds. The minimum absolute atomic E-state index is 0.603. The number of hydrogen-bond donors (Lipinski definition) is 1. The molecule has 0 saturated heterocycles. The van der Waals surface area contributed by atoms with Gasteiger partial charge in [-0.15, -0.1) is 0 Å². The summed E-state index contributed by atoms with van der Waals surface area (Å²) in [5.41, 5.74) is 1.97. The maximum absolute atomic E-state index is 5.52. The van der Waals surface area contributed by atoms with E-state index in [1.807, 2.05) is 30.3 Å². The average Bonchev–Trinajstić information content (AvgIpc) is 2.40. The summed E-state index contributed by atoms with van der Waals surface area (Å²) >= 11 is 0. The molecule has 86 valence electrons. The Hall–Kier alpha value is -2.23. The Morgan fingerprint density at radius 3 is 2.47 bits per heavy atom. The van der Waals surface area contributed by atoms with Crippen molar-refractivity contribution in [2.75, 3.05) is 18.5 Å². The van der Waals surface area contributed by atoms with Crippen molar-refractivity contribution in [1.82, 2.24) is 4.98 Å². The molecule has 1 aromatic heterocycles. The fraction of sp³-hybridized carbons (Fsp3) is 0.154. The SMILES string of the molecule is c1cc(Nc2ccc3c(c2)OCCO3)ccn1. The molecule has 0 unspecified atom stereocenters. The third kappa shape index (κ3) is 2.15. The number of benzene rings is 1. The van der Waals surface area contributed by atoms with Crippen LogP contribution in [-0.2, 0) is 0 Å². The number of hydrogen-bond acceptors (Lipinski definition) is 4. The smallest absolute Gasteiger partial charge is 0.163 e. The van der Waals surface area contributed by atoms with Crippen LogP contribution in [0.4, 0.5) is 11.4 Å². The quantitative estimate of drug-likeness (QED) is 0.858. The van der Waals surface area contributed by atoms with E-state index in [0.29, 0.717) is 13.2 Å². The summed E-state index contributed by atoms with van der Waals surface area (Å²) in [5.74, 6) is 1.59. The molecule has 0 radical (unpaired) electrons. The van der Waals surface area contributed by atoms with Gasteiger partial charge in [0.1, 0.15) is 13.2 Å². The lowest BCUT2D eigenvalue weighted by Gasteiger charge is -2.19. The average molecular weight is 228 g/mol. The largest absolute Gasteiger partial charge is 0.486 e. The molecule has 2 heterocycles. The van der Waals surface area contributed by atoms with Crippen LogP contribution >= 0.6 is 0 Å². The van der Waals surface area contributed by atoms with Gasteiger partial charge in [0.2, 0.25) is 0 Å². The first-order valence-corrected chi connectivity index (χ1v) is 5.48. The summed E-state index contributed by atoms with van der Waals surface area (Å²) in [7, 11) is 0. The van der Waals surface area contributed by atoms with Crippen LogP contribution in [0.1, 0.15) is 0 Å². The van der Waals surface area contributed by atoms with Gasteiger partial charge in [-0.1, -0.05) is 0 Å². The summed E-state index contributed by atoms with van der Waals surface area (Å²) in [6, 6.07) is 9.65. The highest BCUT2D eigenvalue weighted by Gasteiger charge is 2.11. The Balaban J connectivity index is 1.84. The van der Waals surface area contributed by atoms with Gasteiger partial charge in [0, 0.05) is 29.8 Å². The number of pyridine rings is 1. The van der Waals surface area contributed by atoms with Crippen molar-refractivity contribution >= 4 is 11.4 Å². The second-order valence-corrected chi connectivity index (χ2v) is 3.72. The van der Waals surface area contributed by atoms with Gasteiger partial charge in [-0.25, -0.2) is 0 Å². The molecule has 3 rings (SSSR count). The zero-order valence-corrected chi connectivity index (χ0v) is 9.22. The third-order valence-electron chi connectivity index (χ3n) is 2.51. The van der Waals surface area contributed by atoms with Gasteiger partial charge >= 0.3 is 0 Å². The van der Waals surface area contributed by atoms with Crippen LogP contribution in [0.3, 0.4) is 0 Å². The lowest BCUT2D eigenvalue weighted by molar-refractivity contribution is 0.171. The number of ether oxygens (including phenoxy) is 2. The zero-order valence-electron chi connectivity index (χ0n) is 9.22. The molecule has 0 aliphatic carbocycles. The topological polar surface area (TPSA) is 43.4 Å². The van der Waals surface area contributed by atoms with Gasteiger partial charge < -0.3 is 14.8 Å². The second kappa shape index (κ2) is 4.33. The number of anilines is 2. The number of rotatable bonds is 2. The third-order valence-corrected chi connectivity index (χ3v) is 2.51. The Morgan fingerprint density at radius 1 is 0.882 bits per heavy atom. The predicted octanol–water partition coefficient (Wildman–Crippen LogP) is 2.60. The van der Waals surface area contributed by atoms with Gasteiger partial charge in [0.15, 0.2) is 11.5 Å². The zero-order chi connectivity index (χ0) is 11.5. The maximum Gasteiger partial charge on any atom is 0.163 e. The molecule has 4 heteroatoms. The highest BCUT2D eigenvalue weighted by molar-refractivity contribution is 5.63. The Labute approximate surface area is 99.2 Å². The molecule has 0 bridgehead atoms. The molecular weight excluding hydrogens is 216 g/mol. The molecular formula is C13H12N2O2. The van der Waals surface area contributed by atoms with Crippen LogP contribution in [0.15, 0.2) is 42.7 Å². The van der Waals surface area contributed by atoms with Gasteiger partial charge in [-0.05, 0) is 24.3 Å². The van der Waals surface area contributed by atoms with Crippen LogP contribution in [-0.4, -0.2) is 18.2 Å². The fourth-order valence-electron chi connectivity index (χ4n) is 1.72. The molecule has 4 nitrogen and oxygen atoms in total. The molecule has 0 spiro atoms. The van der Waals surface area contributed by atoms with Gasteiger partial charge in [-0.3, -0.25) is 4.98 Å². The van der Waals surface area contributed by atoms with Crippen molar-refractivity contribution < 1.29 is 9.47 Å². The molecule has 17 heavy (non-hydrogen) atoms. The molecule has 1 aliphatic heterocycles. The van der Waals surface area contributed by atoms with E-state index >= 15 is 0 Å². The highest BCUT2D eigenvalue weighted by atomic mass is 16.6. The Morgan fingerprint density at radius 2 is 1.65 bits per heavy atom. The summed E-state index contributed by atoms with van der Waals surface area (Å²) in [6.45, 7) is 1.22. The van der Waals surface area contributed by atoms with Crippen LogP contribution < -0.4 is 14.8 Å². The summed E-state index contributed by atoms with van der Waals surface area (Å²) in [5, 5.41) is 3.28. The normalized spacial score (nSPS) is 13.2. The van der Waals surface area contributed by atoms with Crippen molar-refractivity contribution in [3.63, 3.8) is 0 Å². The van der Waals surface area contributed by atoms with E-state index in [1.54, 1.807) is 12.4 Å². The summed E-state index contributed by atoms with van der Waals surface area (Å²) < 4.78 is 11.0. The van der Waals surface area contributed by atoms with E-state index in [9.17, 15) is 0 Å². The van der Waals surface area contributed by atoms with Crippen molar-refractivity contribution in [2.24, 2.45) is 0 Å². The molecule has 1 aliphatic rings.